The van der Waals surface area contributed by atoms with E-state index in [1.54, 1.807) is 6.92 Å². The summed E-state index contributed by atoms with van der Waals surface area (Å²) in [7, 11) is 0. The molecule has 3 aliphatic rings. The number of alkyl halides is 5. The van der Waals surface area contributed by atoms with Crippen molar-refractivity contribution in [2.24, 2.45) is 17.8 Å². The first-order valence-corrected chi connectivity index (χ1v) is 15.0. The van der Waals surface area contributed by atoms with Crippen molar-refractivity contribution in [1.29, 1.82) is 0 Å². The van der Waals surface area contributed by atoms with Crippen LogP contribution in [0.15, 0.2) is 10.8 Å². The van der Waals surface area contributed by atoms with Gasteiger partial charge in [0.25, 0.3) is 11.7 Å². The number of imidazole rings is 1. The second-order valence-electron chi connectivity index (χ2n) is 12.2. The van der Waals surface area contributed by atoms with Gasteiger partial charge in [-0.2, -0.15) is 18.3 Å². The van der Waals surface area contributed by atoms with Crippen molar-refractivity contribution in [3.8, 4) is 0 Å². The van der Waals surface area contributed by atoms with Gasteiger partial charge in [0.15, 0.2) is 5.69 Å². The molecular formula is C28H33F5N8O4. The lowest BCUT2D eigenvalue weighted by molar-refractivity contribution is -0.183. The molecule has 45 heavy (non-hydrogen) atoms. The van der Waals surface area contributed by atoms with Crippen molar-refractivity contribution in [1.82, 2.24) is 40.5 Å². The van der Waals surface area contributed by atoms with E-state index in [1.165, 1.54) is 10.7 Å². The van der Waals surface area contributed by atoms with Crippen LogP contribution < -0.4 is 10.6 Å². The zero-order valence-electron chi connectivity index (χ0n) is 24.4. The Morgan fingerprint density at radius 1 is 1.20 bits per heavy atom. The molecule has 0 unspecified atom stereocenters. The van der Waals surface area contributed by atoms with Gasteiger partial charge in [-0.1, -0.05) is 5.16 Å². The van der Waals surface area contributed by atoms with Crippen LogP contribution in [-0.2, 0) is 16.0 Å². The number of nitrogens with zero attached hydrogens (tertiary/aromatic N) is 6. The Morgan fingerprint density at radius 2 is 1.98 bits per heavy atom. The van der Waals surface area contributed by atoms with Gasteiger partial charge in [-0.05, 0) is 50.1 Å². The molecule has 0 spiro atoms. The van der Waals surface area contributed by atoms with Crippen molar-refractivity contribution in [2.75, 3.05) is 19.8 Å². The number of rotatable bonds is 7. The van der Waals surface area contributed by atoms with E-state index >= 15 is 0 Å². The lowest BCUT2D eigenvalue weighted by Crippen LogP contribution is -2.47. The number of halogens is 5. The zero-order chi connectivity index (χ0) is 31.9. The van der Waals surface area contributed by atoms with E-state index < -0.39 is 54.3 Å². The summed E-state index contributed by atoms with van der Waals surface area (Å²) in [4.78, 5) is 35.2. The number of aromatic nitrogens is 6. The van der Waals surface area contributed by atoms with Crippen molar-refractivity contribution < 1.29 is 40.9 Å². The highest BCUT2D eigenvalue weighted by atomic mass is 19.4. The van der Waals surface area contributed by atoms with Crippen LogP contribution in [0.5, 0.6) is 0 Å². The molecule has 244 valence electrons. The van der Waals surface area contributed by atoms with Gasteiger partial charge in [0.05, 0.1) is 41.8 Å². The number of piperidine rings is 1. The van der Waals surface area contributed by atoms with Crippen molar-refractivity contribution >= 4 is 17.6 Å². The van der Waals surface area contributed by atoms with Gasteiger partial charge in [0, 0.05) is 44.2 Å². The Kier molecular flexibility index (Phi) is 8.47. The van der Waals surface area contributed by atoms with Crippen LogP contribution in [0.2, 0.25) is 0 Å². The molecule has 2 N–H and O–H groups in total. The molecule has 4 atom stereocenters. The minimum Gasteiger partial charge on any atom is -0.381 e. The van der Waals surface area contributed by atoms with Gasteiger partial charge in [0.2, 0.25) is 11.8 Å². The molecular weight excluding hydrogens is 607 g/mol. The van der Waals surface area contributed by atoms with Crippen LogP contribution in [0.25, 0.3) is 5.78 Å². The molecule has 2 aliphatic heterocycles. The van der Waals surface area contributed by atoms with Crippen LogP contribution in [0, 0.1) is 24.7 Å². The van der Waals surface area contributed by atoms with E-state index in [4.69, 9.17) is 9.72 Å². The highest BCUT2D eigenvalue weighted by molar-refractivity contribution is 5.93. The predicted octanol–water partition coefficient (Wildman–Crippen LogP) is 3.86. The van der Waals surface area contributed by atoms with E-state index in [-0.39, 0.29) is 61.6 Å². The molecule has 17 heteroatoms. The summed E-state index contributed by atoms with van der Waals surface area (Å²) in [5.74, 6) is -6.99. The number of aryl methyl sites for hydroxylation is 1. The Balaban J connectivity index is 1.35. The number of carbonyl (C=O) groups is 2. The van der Waals surface area contributed by atoms with E-state index in [1.807, 2.05) is 0 Å². The highest BCUT2D eigenvalue weighted by Crippen LogP contribution is 2.42. The maximum absolute atomic E-state index is 14.1. The summed E-state index contributed by atoms with van der Waals surface area (Å²) >= 11 is 0. The zero-order valence-corrected chi connectivity index (χ0v) is 24.4. The van der Waals surface area contributed by atoms with Gasteiger partial charge in [0.1, 0.15) is 5.69 Å². The van der Waals surface area contributed by atoms with Crippen LogP contribution in [0.4, 0.5) is 22.0 Å². The number of hydrogen-bond donors (Lipinski definition) is 2. The highest BCUT2D eigenvalue weighted by Gasteiger charge is 2.45. The Labute approximate surface area is 253 Å². The van der Waals surface area contributed by atoms with Crippen molar-refractivity contribution in [3.63, 3.8) is 0 Å². The Morgan fingerprint density at radius 3 is 2.64 bits per heavy atom. The third kappa shape index (κ3) is 6.77. The van der Waals surface area contributed by atoms with Crippen LogP contribution >= 0.6 is 0 Å². The summed E-state index contributed by atoms with van der Waals surface area (Å²) in [6.45, 7) is 1.97. The molecule has 3 aromatic heterocycles. The second kappa shape index (κ2) is 12.2. The predicted molar refractivity (Wildman–Crippen MR) is 144 cm³/mol. The quantitative estimate of drug-likeness (QED) is 0.367. The molecule has 0 bridgehead atoms. The summed E-state index contributed by atoms with van der Waals surface area (Å²) < 4.78 is 80.4. The molecule has 2 amide bonds. The molecule has 12 nitrogen and oxygen atoms in total. The fourth-order valence-electron chi connectivity index (χ4n) is 6.50. The number of carbonyl (C=O) groups excluding carboxylic acids is 2. The number of nitrogens with one attached hydrogen (secondary N) is 2. The number of hydrogen-bond acceptors (Lipinski definition) is 9. The van der Waals surface area contributed by atoms with Crippen LogP contribution in [0.1, 0.15) is 90.2 Å². The maximum Gasteiger partial charge on any atom is 0.393 e. The van der Waals surface area contributed by atoms with Gasteiger partial charge in [-0.3, -0.25) is 9.59 Å². The maximum atomic E-state index is 14.1. The first-order valence-electron chi connectivity index (χ1n) is 15.0. The van der Waals surface area contributed by atoms with Gasteiger partial charge in [-0.25, -0.2) is 27.9 Å². The summed E-state index contributed by atoms with van der Waals surface area (Å²) in [6.07, 6.45) is -2.39. The minimum atomic E-state index is -4.45. The van der Waals surface area contributed by atoms with Gasteiger partial charge >= 0.3 is 6.18 Å². The fraction of sp³-hybridized carbons (Fsp3) is 0.679. The molecule has 2 saturated heterocycles. The third-order valence-electron chi connectivity index (χ3n) is 9.05. The molecule has 3 fully saturated rings. The van der Waals surface area contributed by atoms with E-state index in [0.29, 0.717) is 36.7 Å². The molecule has 1 saturated carbocycles. The minimum absolute atomic E-state index is 0.0501. The molecule has 1 aliphatic carbocycles. The first kappa shape index (κ1) is 31.2. The number of amides is 2. The lowest BCUT2D eigenvalue weighted by atomic mass is 9.81. The van der Waals surface area contributed by atoms with Gasteiger partial charge in [-0.15, -0.1) is 0 Å². The summed E-state index contributed by atoms with van der Waals surface area (Å²) in [6, 6.07) is -0.810. The molecule has 5 heterocycles. The monoisotopic (exact) mass is 640 g/mol. The topological polar surface area (TPSA) is 149 Å². The first-order chi connectivity index (χ1) is 21.4. The molecule has 0 radical (unpaired) electrons. The molecule has 0 aromatic carbocycles. The van der Waals surface area contributed by atoms with E-state index in [9.17, 15) is 31.5 Å². The Bertz CT molecular complexity index is 1540. The fourth-order valence-corrected chi connectivity index (χ4v) is 6.50. The standard InChI is InChI=1S/C28H33F5N8O4/c1-14-21(40-45-39-14)25(43)36-22(15-4-6-27(29,30)7-5-15)20-12-41-26(35-20)37-23(16-3-2-8-44-13-16)19(38-41)10-17-9-18(28(31,32)33)11-34-24(17)42/h12,15-18,22H,2-11,13H2,1H3,(H,34,42)(H,36,43)/t16-,17-,18-,22+/m1/s1. The van der Waals surface area contributed by atoms with Crippen molar-refractivity contribution in [3.05, 3.63) is 34.7 Å². The Hall–Kier alpha value is -3.76. The molecule has 3 aromatic rings. The number of ether oxygens (including phenoxy) is 1. The smallest absolute Gasteiger partial charge is 0.381 e. The average molecular weight is 641 g/mol. The van der Waals surface area contributed by atoms with Crippen molar-refractivity contribution in [2.45, 2.75) is 82.3 Å². The lowest BCUT2D eigenvalue weighted by Gasteiger charge is -2.33. The van der Waals surface area contributed by atoms with E-state index in [0.717, 1.165) is 6.42 Å². The normalized spacial score (nSPS) is 25.2. The third-order valence-corrected chi connectivity index (χ3v) is 9.05. The van der Waals surface area contributed by atoms with E-state index in [2.05, 4.69) is 35.7 Å². The average Bonchev–Trinajstić information content (AvgIpc) is 3.62. The SMILES string of the molecule is Cc1nonc1C(=O)N[C@H](c1cn2nc(C[C@H]3C[C@@H](C(F)(F)F)CNC3=O)c([C@@H]3CCCOC3)nc2n1)C1CCC(F)(F)CC1. The summed E-state index contributed by atoms with van der Waals surface area (Å²) in [5.41, 5.74) is 1.37. The van der Waals surface area contributed by atoms with Crippen LogP contribution in [0.3, 0.4) is 0 Å². The molecule has 6 rings (SSSR count). The van der Waals surface area contributed by atoms with Gasteiger partial charge < -0.3 is 15.4 Å². The second-order valence-corrected chi connectivity index (χ2v) is 12.2. The largest absolute Gasteiger partial charge is 0.393 e. The summed E-state index contributed by atoms with van der Waals surface area (Å²) in [5, 5.41) is 17.2. The van der Waals surface area contributed by atoms with Crippen LogP contribution in [-0.4, -0.2) is 73.6 Å². The number of fused-ring (bicyclic) bond motifs is 1.